The maximum absolute atomic E-state index is 5.96. The quantitative estimate of drug-likeness (QED) is 0.929. The number of halogens is 1. The molecule has 0 radical (unpaired) electrons. The number of rotatable bonds is 3. The highest BCUT2D eigenvalue weighted by Crippen LogP contribution is 2.20. The summed E-state index contributed by atoms with van der Waals surface area (Å²) >= 11 is 5.96. The van der Waals surface area contributed by atoms with E-state index in [1.807, 2.05) is 12.1 Å². The zero-order chi connectivity index (χ0) is 13.8. The first-order valence-corrected chi connectivity index (χ1v) is 7.44. The van der Waals surface area contributed by atoms with E-state index < -0.39 is 0 Å². The van der Waals surface area contributed by atoms with Crippen LogP contribution in [0.5, 0.6) is 0 Å². The maximum atomic E-state index is 5.96. The Morgan fingerprint density at radius 3 is 2.55 bits per heavy atom. The molecule has 1 N–H and O–H groups in total. The molecule has 2 aromatic rings. The van der Waals surface area contributed by atoms with Crippen molar-refractivity contribution in [3.8, 4) is 0 Å². The minimum absolute atomic E-state index is 0.393. The second-order valence-electron chi connectivity index (χ2n) is 5.28. The molecule has 2 nitrogen and oxygen atoms in total. The molecule has 1 saturated heterocycles. The molecule has 3 rings (SSSR count). The fourth-order valence-electron chi connectivity index (χ4n) is 2.71. The van der Waals surface area contributed by atoms with E-state index in [9.17, 15) is 0 Å². The Morgan fingerprint density at radius 1 is 1.05 bits per heavy atom. The highest BCUT2D eigenvalue weighted by atomic mass is 35.5. The lowest BCUT2D eigenvalue weighted by atomic mass is 10.0. The topological polar surface area (TPSA) is 15.3 Å². The van der Waals surface area contributed by atoms with Crippen molar-refractivity contribution in [2.24, 2.45) is 0 Å². The van der Waals surface area contributed by atoms with Crippen LogP contribution in [0.4, 0.5) is 0 Å². The predicted molar refractivity (Wildman–Crippen MR) is 83.9 cm³/mol. The first kappa shape index (κ1) is 13.6. The van der Waals surface area contributed by atoms with E-state index in [4.69, 9.17) is 11.6 Å². The molecule has 0 aromatic heterocycles. The van der Waals surface area contributed by atoms with Gasteiger partial charge in [0, 0.05) is 37.2 Å². The molecule has 2 aromatic carbocycles. The van der Waals surface area contributed by atoms with Crippen molar-refractivity contribution < 1.29 is 0 Å². The minimum atomic E-state index is 0.393. The van der Waals surface area contributed by atoms with Crippen molar-refractivity contribution in [2.45, 2.75) is 12.6 Å². The number of nitrogens with one attached hydrogen (secondary N) is 1. The Balaban J connectivity index is 1.66. The molecule has 0 amide bonds. The van der Waals surface area contributed by atoms with Crippen LogP contribution in [0.25, 0.3) is 0 Å². The highest BCUT2D eigenvalue weighted by Gasteiger charge is 2.20. The third-order valence-corrected chi connectivity index (χ3v) is 4.03. The van der Waals surface area contributed by atoms with Gasteiger partial charge in [-0.05, 0) is 23.3 Å². The lowest BCUT2D eigenvalue weighted by Gasteiger charge is -2.34. The summed E-state index contributed by atoms with van der Waals surface area (Å²) in [4.78, 5) is 2.51. The summed E-state index contributed by atoms with van der Waals surface area (Å²) in [6.45, 7) is 4.18. The van der Waals surface area contributed by atoms with E-state index in [2.05, 4.69) is 52.7 Å². The van der Waals surface area contributed by atoms with Crippen LogP contribution in [0.3, 0.4) is 0 Å². The van der Waals surface area contributed by atoms with Gasteiger partial charge in [0.05, 0.1) is 0 Å². The van der Waals surface area contributed by atoms with Gasteiger partial charge < -0.3 is 5.32 Å². The minimum Gasteiger partial charge on any atom is -0.308 e. The summed E-state index contributed by atoms with van der Waals surface area (Å²) in [7, 11) is 0. The summed E-state index contributed by atoms with van der Waals surface area (Å²) in [5.41, 5.74) is 2.69. The second kappa shape index (κ2) is 6.40. The van der Waals surface area contributed by atoms with Crippen molar-refractivity contribution >= 4 is 11.6 Å². The Bertz CT molecular complexity index is 539. The van der Waals surface area contributed by atoms with Gasteiger partial charge in [-0.1, -0.05) is 54.1 Å². The van der Waals surface area contributed by atoms with Crippen molar-refractivity contribution in [3.63, 3.8) is 0 Å². The number of hydrogen-bond acceptors (Lipinski definition) is 2. The molecular formula is C17H19ClN2. The van der Waals surface area contributed by atoms with Gasteiger partial charge in [0.1, 0.15) is 0 Å². The Morgan fingerprint density at radius 2 is 1.80 bits per heavy atom. The van der Waals surface area contributed by atoms with E-state index >= 15 is 0 Å². The summed E-state index contributed by atoms with van der Waals surface area (Å²) in [5.74, 6) is 0. The molecule has 1 atom stereocenters. The van der Waals surface area contributed by atoms with Gasteiger partial charge in [0.25, 0.3) is 0 Å². The van der Waals surface area contributed by atoms with Crippen LogP contribution < -0.4 is 5.32 Å². The van der Waals surface area contributed by atoms with Crippen molar-refractivity contribution in [1.82, 2.24) is 10.2 Å². The molecular weight excluding hydrogens is 268 g/mol. The first-order chi connectivity index (χ1) is 9.81. The van der Waals surface area contributed by atoms with E-state index in [0.29, 0.717) is 6.04 Å². The molecule has 0 aliphatic carbocycles. The van der Waals surface area contributed by atoms with Gasteiger partial charge in [-0.15, -0.1) is 0 Å². The predicted octanol–water partition coefficient (Wildman–Crippen LogP) is 3.49. The third kappa shape index (κ3) is 3.40. The van der Waals surface area contributed by atoms with Gasteiger partial charge in [-0.2, -0.15) is 0 Å². The highest BCUT2D eigenvalue weighted by molar-refractivity contribution is 6.30. The number of benzene rings is 2. The van der Waals surface area contributed by atoms with E-state index in [0.717, 1.165) is 31.2 Å². The van der Waals surface area contributed by atoms with Crippen LogP contribution in [0, 0.1) is 0 Å². The van der Waals surface area contributed by atoms with Gasteiger partial charge in [-0.3, -0.25) is 4.90 Å². The lowest BCUT2D eigenvalue weighted by molar-refractivity contribution is 0.193. The van der Waals surface area contributed by atoms with Crippen LogP contribution in [0.15, 0.2) is 54.6 Å². The first-order valence-electron chi connectivity index (χ1n) is 7.06. The molecule has 0 spiro atoms. The Kier molecular flexibility index (Phi) is 4.36. The average Bonchev–Trinajstić information content (AvgIpc) is 2.49. The number of nitrogens with zero attached hydrogens (tertiary/aromatic N) is 1. The van der Waals surface area contributed by atoms with Crippen LogP contribution in [-0.4, -0.2) is 24.5 Å². The smallest absolute Gasteiger partial charge is 0.0449 e. The summed E-state index contributed by atoms with van der Waals surface area (Å²) in [6.07, 6.45) is 0. The fourth-order valence-corrected chi connectivity index (χ4v) is 2.84. The molecule has 1 aliphatic rings. The SMILES string of the molecule is Clc1ccc([C@H]2CN(Cc3ccccc3)CCN2)cc1. The number of piperazine rings is 1. The van der Waals surface area contributed by atoms with E-state index in [1.165, 1.54) is 11.1 Å². The summed E-state index contributed by atoms with van der Waals surface area (Å²) in [5, 5.41) is 4.38. The standard InChI is InChI=1S/C17H19ClN2/c18-16-8-6-15(7-9-16)17-13-20(11-10-19-17)12-14-4-2-1-3-5-14/h1-9,17,19H,10-13H2/t17-/m1/s1. The summed E-state index contributed by atoms with van der Waals surface area (Å²) in [6, 6.07) is 19.2. The monoisotopic (exact) mass is 286 g/mol. The Hall–Kier alpha value is -1.35. The van der Waals surface area contributed by atoms with E-state index in [1.54, 1.807) is 0 Å². The zero-order valence-electron chi connectivity index (χ0n) is 11.4. The fraction of sp³-hybridized carbons (Fsp3) is 0.294. The van der Waals surface area contributed by atoms with Crippen LogP contribution in [0.2, 0.25) is 5.02 Å². The molecule has 20 heavy (non-hydrogen) atoms. The third-order valence-electron chi connectivity index (χ3n) is 3.78. The van der Waals surface area contributed by atoms with Crippen molar-refractivity contribution in [2.75, 3.05) is 19.6 Å². The van der Waals surface area contributed by atoms with Gasteiger partial charge in [0.15, 0.2) is 0 Å². The lowest BCUT2D eigenvalue weighted by Crippen LogP contribution is -2.45. The number of hydrogen-bond donors (Lipinski definition) is 1. The zero-order valence-corrected chi connectivity index (χ0v) is 12.2. The van der Waals surface area contributed by atoms with Gasteiger partial charge in [-0.25, -0.2) is 0 Å². The normalized spacial score (nSPS) is 19.9. The van der Waals surface area contributed by atoms with Crippen molar-refractivity contribution in [1.29, 1.82) is 0 Å². The molecule has 1 heterocycles. The maximum Gasteiger partial charge on any atom is 0.0449 e. The largest absolute Gasteiger partial charge is 0.308 e. The molecule has 3 heteroatoms. The molecule has 1 aliphatic heterocycles. The molecule has 1 fully saturated rings. The van der Waals surface area contributed by atoms with Crippen LogP contribution >= 0.6 is 11.6 Å². The average molecular weight is 287 g/mol. The van der Waals surface area contributed by atoms with E-state index in [-0.39, 0.29) is 0 Å². The van der Waals surface area contributed by atoms with Gasteiger partial charge in [0.2, 0.25) is 0 Å². The molecule has 0 saturated carbocycles. The van der Waals surface area contributed by atoms with Crippen LogP contribution in [-0.2, 0) is 6.54 Å². The molecule has 0 bridgehead atoms. The van der Waals surface area contributed by atoms with Gasteiger partial charge >= 0.3 is 0 Å². The second-order valence-corrected chi connectivity index (χ2v) is 5.72. The summed E-state index contributed by atoms with van der Waals surface area (Å²) < 4.78 is 0. The molecule has 0 unspecified atom stereocenters. The molecule has 104 valence electrons. The van der Waals surface area contributed by atoms with Crippen molar-refractivity contribution in [3.05, 3.63) is 70.7 Å². The Labute approximate surface area is 125 Å². The van der Waals surface area contributed by atoms with Crippen LogP contribution in [0.1, 0.15) is 17.2 Å².